The van der Waals surface area contributed by atoms with Crippen LogP contribution in [0.2, 0.25) is 0 Å². The lowest BCUT2D eigenvalue weighted by atomic mass is 10.1. The lowest BCUT2D eigenvalue weighted by Crippen LogP contribution is -2.33. The summed E-state index contributed by atoms with van der Waals surface area (Å²) in [7, 11) is 1.29. The number of benzene rings is 1. The van der Waals surface area contributed by atoms with Gasteiger partial charge in [-0.15, -0.1) is 0 Å². The molecule has 1 saturated heterocycles. The predicted octanol–water partition coefficient (Wildman–Crippen LogP) is 1.45. The van der Waals surface area contributed by atoms with Gasteiger partial charge in [-0.3, -0.25) is 14.4 Å². The molecule has 6 nitrogen and oxygen atoms in total. The van der Waals surface area contributed by atoms with Crippen molar-refractivity contribution in [2.24, 2.45) is 0 Å². The summed E-state index contributed by atoms with van der Waals surface area (Å²) in [4.78, 5) is 51.0. The first-order chi connectivity index (χ1) is 10.0. The highest BCUT2D eigenvalue weighted by molar-refractivity contribution is 8.15. The van der Waals surface area contributed by atoms with Crippen LogP contribution in [0.25, 0.3) is 0 Å². The van der Waals surface area contributed by atoms with Crippen molar-refractivity contribution in [2.75, 3.05) is 7.05 Å². The SMILES string of the molecule is CN(OC(=O)C1CCC(=O)S1)C(=O)c1ccccc1C=O. The Kier molecular flexibility index (Phi) is 4.74. The highest BCUT2D eigenvalue weighted by Crippen LogP contribution is 2.29. The van der Waals surface area contributed by atoms with Crippen LogP contribution in [0.3, 0.4) is 0 Å². The number of thioether (sulfide) groups is 1. The quantitative estimate of drug-likeness (QED) is 0.621. The summed E-state index contributed by atoms with van der Waals surface area (Å²) in [6, 6.07) is 6.22. The van der Waals surface area contributed by atoms with Crippen LogP contribution in [0.4, 0.5) is 0 Å². The average Bonchev–Trinajstić information content (AvgIpc) is 2.93. The molecular formula is C14H13NO5S. The lowest BCUT2D eigenvalue weighted by Gasteiger charge is -2.18. The Balaban J connectivity index is 2.04. The van der Waals surface area contributed by atoms with Gasteiger partial charge in [-0.2, -0.15) is 5.06 Å². The van der Waals surface area contributed by atoms with Crippen LogP contribution in [0.5, 0.6) is 0 Å². The molecule has 0 radical (unpaired) electrons. The Labute approximate surface area is 125 Å². The molecule has 7 heteroatoms. The maximum absolute atomic E-state index is 12.2. The van der Waals surface area contributed by atoms with Crippen LogP contribution >= 0.6 is 11.8 Å². The van der Waals surface area contributed by atoms with E-state index < -0.39 is 17.1 Å². The van der Waals surface area contributed by atoms with Crippen LogP contribution in [0.15, 0.2) is 24.3 Å². The molecule has 0 bridgehead atoms. The number of amides is 1. The molecule has 1 aliphatic heterocycles. The number of nitrogens with zero attached hydrogens (tertiary/aromatic N) is 1. The number of carbonyl (C=O) groups is 4. The van der Waals surface area contributed by atoms with E-state index in [4.69, 9.17) is 4.84 Å². The molecule has 21 heavy (non-hydrogen) atoms. The second kappa shape index (κ2) is 6.53. The monoisotopic (exact) mass is 307 g/mol. The van der Waals surface area contributed by atoms with Gasteiger partial charge in [-0.25, -0.2) is 4.79 Å². The molecule has 2 rings (SSSR count). The van der Waals surface area contributed by atoms with Gasteiger partial charge in [0.1, 0.15) is 5.25 Å². The molecule has 1 atom stereocenters. The Hall–Kier alpha value is -2.15. The summed E-state index contributed by atoms with van der Waals surface area (Å²) in [6.07, 6.45) is 1.31. The molecule has 0 spiro atoms. The van der Waals surface area contributed by atoms with E-state index in [1.807, 2.05) is 0 Å². The molecule has 0 saturated carbocycles. The number of hydrogen-bond acceptors (Lipinski definition) is 6. The smallest absolute Gasteiger partial charge is 0.337 e. The highest BCUT2D eigenvalue weighted by Gasteiger charge is 2.32. The van der Waals surface area contributed by atoms with Crippen molar-refractivity contribution in [3.63, 3.8) is 0 Å². The Morgan fingerprint density at radius 1 is 1.38 bits per heavy atom. The van der Waals surface area contributed by atoms with Crippen molar-refractivity contribution in [3.8, 4) is 0 Å². The number of hydrogen-bond donors (Lipinski definition) is 0. The molecule has 110 valence electrons. The van der Waals surface area contributed by atoms with Gasteiger partial charge in [0.15, 0.2) is 11.4 Å². The predicted molar refractivity (Wildman–Crippen MR) is 75.6 cm³/mol. The molecule has 0 aromatic heterocycles. The summed E-state index contributed by atoms with van der Waals surface area (Å²) >= 11 is 0.923. The molecule has 1 amide bonds. The third-order valence-corrected chi connectivity index (χ3v) is 4.16. The fraction of sp³-hybridized carbons (Fsp3) is 0.286. The molecule has 1 fully saturated rings. The van der Waals surface area contributed by atoms with Gasteiger partial charge in [0.05, 0.1) is 5.56 Å². The van der Waals surface area contributed by atoms with Crippen molar-refractivity contribution in [2.45, 2.75) is 18.1 Å². The minimum Gasteiger partial charge on any atom is -0.337 e. The van der Waals surface area contributed by atoms with Crippen molar-refractivity contribution in [3.05, 3.63) is 35.4 Å². The highest BCUT2D eigenvalue weighted by atomic mass is 32.2. The first-order valence-electron chi connectivity index (χ1n) is 6.26. The van der Waals surface area contributed by atoms with E-state index in [0.29, 0.717) is 19.1 Å². The van der Waals surface area contributed by atoms with E-state index >= 15 is 0 Å². The molecule has 1 heterocycles. The Morgan fingerprint density at radius 2 is 2.10 bits per heavy atom. The molecular weight excluding hydrogens is 294 g/mol. The molecule has 1 aromatic carbocycles. The summed E-state index contributed by atoms with van der Waals surface area (Å²) in [5.41, 5.74) is 0.369. The summed E-state index contributed by atoms with van der Waals surface area (Å²) < 4.78 is 0. The zero-order valence-electron chi connectivity index (χ0n) is 11.3. The lowest BCUT2D eigenvalue weighted by molar-refractivity contribution is -0.172. The van der Waals surface area contributed by atoms with E-state index in [0.717, 1.165) is 16.8 Å². The molecule has 1 aromatic rings. The second-order valence-electron chi connectivity index (χ2n) is 4.44. The van der Waals surface area contributed by atoms with Crippen LogP contribution < -0.4 is 0 Å². The first-order valence-corrected chi connectivity index (χ1v) is 7.14. The third kappa shape index (κ3) is 3.49. The van der Waals surface area contributed by atoms with Gasteiger partial charge in [-0.1, -0.05) is 30.0 Å². The Morgan fingerprint density at radius 3 is 2.71 bits per heavy atom. The Bertz CT molecular complexity index is 601. The van der Waals surface area contributed by atoms with Crippen LogP contribution in [-0.2, 0) is 14.4 Å². The summed E-state index contributed by atoms with van der Waals surface area (Å²) in [5.74, 6) is -1.23. The van der Waals surface area contributed by atoms with E-state index in [2.05, 4.69) is 0 Å². The van der Waals surface area contributed by atoms with Crippen molar-refractivity contribution >= 4 is 35.0 Å². The maximum atomic E-state index is 12.2. The van der Waals surface area contributed by atoms with Gasteiger partial charge in [-0.05, 0) is 12.5 Å². The second-order valence-corrected chi connectivity index (χ2v) is 5.70. The van der Waals surface area contributed by atoms with Crippen LogP contribution in [0.1, 0.15) is 33.6 Å². The molecule has 1 aliphatic rings. The normalized spacial score (nSPS) is 17.4. The van der Waals surface area contributed by atoms with E-state index in [9.17, 15) is 19.2 Å². The zero-order valence-corrected chi connectivity index (χ0v) is 12.1. The van der Waals surface area contributed by atoms with Gasteiger partial charge in [0.2, 0.25) is 0 Å². The fourth-order valence-corrected chi connectivity index (χ4v) is 2.82. The number of aldehydes is 1. The van der Waals surface area contributed by atoms with Crippen LogP contribution in [0, 0.1) is 0 Å². The van der Waals surface area contributed by atoms with Crippen molar-refractivity contribution < 1.29 is 24.0 Å². The van der Waals surface area contributed by atoms with E-state index in [1.54, 1.807) is 12.1 Å². The molecule has 1 unspecified atom stereocenters. The number of carbonyl (C=O) groups excluding carboxylic acids is 4. The van der Waals surface area contributed by atoms with Crippen molar-refractivity contribution in [1.29, 1.82) is 0 Å². The van der Waals surface area contributed by atoms with Gasteiger partial charge >= 0.3 is 5.97 Å². The van der Waals surface area contributed by atoms with E-state index in [-0.39, 0.29) is 16.2 Å². The van der Waals surface area contributed by atoms with Crippen LogP contribution in [-0.4, -0.2) is 40.6 Å². The van der Waals surface area contributed by atoms with E-state index in [1.165, 1.54) is 19.2 Å². The standard InChI is InChI=1S/C14H13NO5S/c1-15(20-14(19)11-6-7-12(17)21-11)13(18)10-5-3-2-4-9(10)8-16/h2-5,8,11H,6-7H2,1H3. The minimum absolute atomic E-state index is 0.0581. The summed E-state index contributed by atoms with van der Waals surface area (Å²) in [5, 5.41) is 0.153. The van der Waals surface area contributed by atoms with Crippen molar-refractivity contribution in [1.82, 2.24) is 5.06 Å². The van der Waals surface area contributed by atoms with Gasteiger partial charge in [0, 0.05) is 19.0 Å². The average molecular weight is 307 g/mol. The number of rotatable bonds is 3. The third-order valence-electron chi connectivity index (χ3n) is 2.98. The zero-order chi connectivity index (χ0) is 15.4. The largest absolute Gasteiger partial charge is 0.345 e. The minimum atomic E-state index is -0.634. The summed E-state index contributed by atoms with van der Waals surface area (Å²) in [6.45, 7) is 0. The molecule has 0 aliphatic carbocycles. The van der Waals surface area contributed by atoms with Gasteiger partial charge in [0.25, 0.3) is 5.91 Å². The first kappa shape index (κ1) is 15.2. The molecule has 0 N–H and O–H groups in total. The maximum Gasteiger partial charge on any atom is 0.345 e. The fourth-order valence-electron chi connectivity index (χ4n) is 1.89. The number of hydroxylamine groups is 2. The topological polar surface area (TPSA) is 80.8 Å². The van der Waals surface area contributed by atoms with Gasteiger partial charge < -0.3 is 4.84 Å².